The molecule has 3 atom stereocenters. The van der Waals surface area contributed by atoms with E-state index in [1.54, 1.807) is 0 Å². The molecule has 2 aliphatic rings. The lowest BCUT2D eigenvalue weighted by atomic mass is 9.88. The molecule has 1 saturated carbocycles. The van der Waals surface area contributed by atoms with Crippen molar-refractivity contribution in [2.45, 2.75) is 51.2 Å². The molecule has 0 aromatic heterocycles. The van der Waals surface area contributed by atoms with Crippen molar-refractivity contribution in [1.29, 1.82) is 0 Å². The van der Waals surface area contributed by atoms with Crippen molar-refractivity contribution in [2.75, 3.05) is 26.2 Å². The SMILES string of the molecule is CCC(O)C1CC(NCC(F)F)CN(CC2CC2)C1. The molecule has 19 heavy (non-hydrogen) atoms. The fourth-order valence-corrected chi connectivity index (χ4v) is 3.06. The summed E-state index contributed by atoms with van der Waals surface area (Å²) in [5, 5.41) is 13.0. The monoisotopic (exact) mass is 276 g/mol. The van der Waals surface area contributed by atoms with Gasteiger partial charge in [0.15, 0.2) is 0 Å². The average molecular weight is 276 g/mol. The lowest BCUT2D eigenvalue weighted by Crippen LogP contribution is -2.52. The van der Waals surface area contributed by atoms with Crippen LogP contribution in [-0.2, 0) is 0 Å². The molecule has 2 N–H and O–H groups in total. The van der Waals surface area contributed by atoms with Gasteiger partial charge in [-0.15, -0.1) is 0 Å². The molecule has 1 heterocycles. The highest BCUT2D eigenvalue weighted by Crippen LogP contribution is 2.32. The molecule has 5 heteroatoms. The summed E-state index contributed by atoms with van der Waals surface area (Å²) in [6, 6.07) is 0.0905. The number of halogens is 2. The smallest absolute Gasteiger partial charge is 0.250 e. The molecular weight excluding hydrogens is 250 g/mol. The van der Waals surface area contributed by atoms with E-state index < -0.39 is 6.43 Å². The Morgan fingerprint density at radius 2 is 2.05 bits per heavy atom. The van der Waals surface area contributed by atoms with Gasteiger partial charge in [-0.05, 0) is 37.5 Å². The van der Waals surface area contributed by atoms with E-state index in [0.29, 0.717) is 0 Å². The zero-order chi connectivity index (χ0) is 13.8. The third kappa shape index (κ3) is 4.97. The summed E-state index contributed by atoms with van der Waals surface area (Å²) in [7, 11) is 0. The number of nitrogens with zero attached hydrogens (tertiary/aromatic N) is 1. The molecule has 0 bridgehead atoms. The number of aliphatic hydroxyl groups excluding tert-OH is 1. The number of aliphatic hydroxyl groups is 1. The number of piperidine rings is 1. The van der Waals surface area contributed by atoms with Crippen LogP contribution in [0.25, 0.3) is 0 Å². The van der Waals surface area contributed by atoms with E-state index in [9.17, 15) is 13.9 Å². The number of rotatable bonds is 7. The number of likely N-dealkylation sites (tertiary alicyclic amines) is 1. The van der Waals surface area contributed by atoms with Crippen molar-refractivity contribution >= 4 is 0 Å². The van der Waals surface area contributed by atoms with Gasteiger partial charge in [0.2, 0.25) is 0 Å². The summed E-state index contributed by atoms with van der Waals surface area (Å²) in [5.41, 5.74) is 0. The van der Waals surface area contributed by atoms with Crippen LogP contribution in [0.4, 0.5) is 8.78 Å². The maximum Gasteiger partial charge on any atom is 0.250 e. The number of alkyl halides is 2. The Bertz CT molecular complexity index is 274. The maximum atomic E-state index is 12.3. The predicted octanol–water partition coefficient (Wildman–Crippen LogP) is 1.71. The molecule has 3 nitrogen and oxygen atoms in total. The first-order chi connectivity index (χ1) is 9.08. The normalized spacial score (nSPS) is 30.8. The second-order valence-corrected chi connectivity index (χ2v) is 6.13. The van der Waals surface area contributed by atoms with Crippen LogP contribution >= 0.6 is 0 Å². The van der Waals surface area contributed by atoms with Crippen molar-refractivity contribution < 1.29 is 13.9 Å². The quantitative estimate of drug-likeness (QED) is 0.743. The van der Waals surface area contributed by atoms with Gasteiger partial charge in [0.05, 0.1) is 12.6 Å². The van der Waals surface area contributed by atoms with Crippen LogP contribution in [0.5, 0.6) is 0 Å². The number of hydrogen-bond donors (Lipinski definition) is 2. The highest BCUT2D eigenvalue weighted by atomic mass is 19.3. The largest absolute Gasteiger partial charge is 0.393 e. The van der Waals surface area contributed by atoms with Crippen molar-refractivity contribution in [2.24, 2.45) is 11.8 Å². The van der Waals surface area contributed by atoms with E-state index in [4.69, 9.17) is 0 Å². The van der Waals surface area contributed by atoms with Crippen LogP contribution in [0.1, 0.15) is 32.6 Å². The molecule has 0 aromatic carbocycles. The summed E-state index contributed by atoms with van der Waals surface area (Å²) >= 11 is 0. The minimum atomic E-state index is -2.30. The molecule has 1 aliphatic heterocycles. The van der Waals surface area contributed by atoms with Crippen molar-refractivity contribution in [1.82, 2.24) is 10.2 Å². The van der Waals surface area contributed by atoms with Gasteiger partial charge in [0.1, 0.15) is 0 Å². The standard InChI is InChI=1S/C14H26F2N2O/c1-2-13(19)11-5-12(17-6-14(15)16)9-18(8-11)7-10-3-4-10/h10-14,17,19H,2-9H2,1H3. The molecule has 0 aromatic rings. The van der Waals surface area contributed by atoms with Gasteiger partial charge in [-0.25, -0.2) is 8.78 Å². The number of hydrogen-bond acceptors (Lipinski definition) is 3. The topological polar surface area (TPSA) is 35.5 Å². The zero-order valence-electron chi connectivity index (χ0n) is 11.7. The van der Waals surface area contributed by atoms with Gasteiger partial charge < -0.3 is 15.3 Å². The number of nitrogens with one attached hydrogen (secondary N) is 1. The van der Waals surface area contributed by atoms with Crippen LogP contribution in [0.3, 0.4) is 0 Å². The molecule has 0 amide bonds. The Hall–Kier alpha value is -0.260. The lowest BCUT2D eigenvalue weighted by molar-refractivity contribution is 0.0304. The Morgan fingerprint density at radius 3 is 2.63 bits per heavy atom. The van der Waals surface area contributed by atoms with Crippen molar-refractivity contribution in [3.05, 3.63) is 0 Å². The molecule has 2 fully saturated rings. The Morgan fingerprint density at radius 1 is 1.32 bits per heavy atom. The molecule has 1 saturated heterocycles. The third-order valence-corrected chi connectivity index (χ3v) is 4.30. The van der Waals surface area contributed by atoms with E-state index >= 15 is 0 Å². The molecule has 112 valence electrons. The van der Waals surface area contributed by atoms with Gasteiger partial charge in [0.25, 0.3) is 6.43 Å². The lowest BCUT2D eigenvalue weighted by Gasteiger charge is -2.40. The maximum absolute atomic E-state index is 12.3. The Labute approximate surface area is 114 Å². The predicted molar refractivity (Wildman–Crippen MR) is 71.4 cm³/mol. The Kier molecular flexibility index (Phi) is 5.54. The highest BCUT2D eigenvalue weighted by molar-refractivity contribution is 4.89. The summed E-state index contributed by atoms with van der Waals surface area (Å²) in [6.45, 7) is 4.57. The van der Waals surface area contributed by atoms with E-state index in [0.717, 1.165) is 38.4 Å². The molecule has 0 radical (unpaired) electrons. The van der Waals surface area contributed by atoms with E-state index in [-0.39, 0.29) is 24.6 Å². The summed E-state index contributed by atoms with van der Waals surface area (Å²) in [5.74, 6) is 1.01. The van der Waals surface area contributed by atoms with E-state index in [1.807, 2.05) is 6.92 Å². The van der Waals surface area contributed by atoms with Crippen LogP contribution < -0.4 is 5.32 Å². The molecule has 1 aliphatic carbocycles. The van der Waals surface area contributed by atoms with Gasteiger partial charge in [-0.1, -0.05) is 6.92 Å². The fraction of sp³-hybridized carbons (Fsp3) is 1.00. The second-order valence-electron chi connectivity index (χ2n) is 6.13. The molecule has 2 rings (SSSR count). The third-order valence-electron chi connectivity index (χ3n) is 4.30. The van der Waals surface area contributed by atoms with Crippen LogP contribution in [0.15, 0.2) is 0 Å². The van der Waals surface area contributed by atoms with Crippen molar-refractivity contribution in [3.8, 4) is 0 Å². The van der Waals surface area contributed by atoms with E-state index in [2.05, 4.69) is 10.2 Å². The minimum Gasteiger partial charge on any atom is -0.393 e. The first-order valence-corrected chi connectivity index (χ1v) is 7.50. The van der Waals surface area contributed by atoms with Crippen molar-refractivity contribution in [3.63, 3.8) is 0 Å². The fourth-order valence-electron chi connectivity index (χ4n) is 3.06. The van der Waals surface area contributed by atoms with Crippen LogP contribution in [0, 0.1) is 11.8 Å². The molecule has 3 unspecified atom stereocenters. The summed E-state index contributed by atoms with van der Waals surface area (Å²) in [6.07, 6.45) is 1.54. The summed E-state index contributed by atoms with van der Waals surface area (Å²) in [4.78, 5) is 2.36. The highest BCUT2D eigenvalue weighted by Gasteiger charge is 2.33. The summed E-state index contributed by atoms with van der Waals surface area (Å²) < 4.78 is 24.6. The Balaban J connectivity index is 1.86. The van der Waals surface area contributed by atoms with Gasteiger partial charge in [-0.3, -0.25) is 0 Å². The average Bonchev–Trinajstić information content (AvgIpc) is 3.19. The van der Waals surface area contributed by atoms with Gasteiger partial charge >= 0.3 is 0 Å². The minimum absolute atomic E-state index is 0.0905. The first-order valence-electron chi connectivity index (χ1n) is 7.50. The van der Waals surface area contributed by atoms with Crippen LogP contribution in [-0.4, -0.2) is 54.8 Å². The second kappa shape index (κ2) is 6.95. The van der Waals surface area contributed by atoms with Gasteiger partial charge in [0, 0.05) is 25.7 Å². The van der Waals surface area contributed by atoms with E-state index in [1.165, 1.54) is 12.8 Å². The zero-order valence-corrected chi connectivity index (χ0v) is 11.7. The first kappa shape index (κ1) is 15.1. The van der Waals surface area contributed by atoms with Crippen LogP contribution in [0.2, 0.25) is 0 Å². The molecular formula is C14H26F2N2O. The van der Waals surface area contributed by atoms with Gasteiger partial charge in [-0.2, -0.15) is 0 Å². The molecule has 0 spiro atoms.